The first-order chi connectivity index (χ1) is 19.0. The Morgan fingerprint density at radius 1 is 1.13 bits per heavy atom. The lowest BCUT2D eigenvalue weighted by molar-refractivity contribution is -0.146. The molecule has 0 N–H and O–H groups in total. The Bertz CT molecular complexity index is 1580. The fraction of sp³-hybridized carbons (Fsp3) is 0.333. The van der Waals surface area contributed by atoms with Crippen LogP contribution in [0.25, 0.3) is 27.2 Å². The number of nitrogens with zero attached hydrogens (tertiary/aromatic N) is 6. The molecule has 0 atom stereocenters. The highest BCUT2D eigenvalue weighted by atomic mass is 16.5. The van der Waals surface area contributed by atoms with Crippen LogP contribution >= 0.6 is 0 Å². The van der Waals surface area contributed by atoms with Crippen molar-refractivity contribution in [3.8, 4) is 28.3 Å². The molecule has 9 heteroatoms. The highest BCUT2D eigenvalue weighted by molar-refractivity contribution is 5.90. The van der Waals surface area contributed by atoms with Gasteiger partial charge in [0, 0.05) is 31.4 Å². The number of hydrogen-bond acceptors (Lipinski definition) is 7. The number of carbonyl (C=O) groups excluding carboxylic acids is 1. The molecule has 39 heavy (non-hydrogen) atoms. The molecule has 2 aliphatic rings. The first-order valence-corrected chi connectivity index (χ1v) is 13.1. The van der Waals surface area contributed by atoms with E-state index in [2.05, 4.69) is 19.9 Å². The van der Waals surface area contributed by atoms with Gasteiger partial charge in [0.15, 0.2) is 5.69 Å². The van der Waals surface area contributed by atoms with Crippen LogP contribution in [0, 0.1) is 6.57 Å². The topological polar surface area (TPSA) is 96.4 Å². The Morgan fingerprint density at radius 3 is 2.64 bits per heavy atom. The zero-order valence-corrected chi connectivity index (χ0v) is 21.9. The smallest absolute Gasteiger partial charge is 0.315 e. The number of aromatic nitrogens is 5. The van der Waals surface area contributed by atoms with Crippen LogP contribution in [-0.4, -0.2) is 43.4 Å². The second-order valence-corrected chi connectivity index (χ2v) is 10.0. The van der Waals surface area contributed by atoms with Crippen molar-refractivity contribution in [2.24, 2.45) is 7.05 Å². The Morgan fingerprint density at radius 2 is 1.95 bits per heavy atom. The molecule has 0 saturated heterocycles. The molecular weight excluding hydrogens is 492 g/mol. The number of carbonyl (C=O) groups is 1. The summed E-state index contributed by atoms with van der Waals surface area (Å²) in [5, 5.41) is 4.47. The summed E-state index contributed by atoms with van der Waals surface area (Å²) in [5.41, 5.74) is 5.79. The van der Waals surface area contributed by atoms with Crippen molar-refractivity contribution in [3.05, 3.63) is 83.5 Å². The van der Waals surface area contributed by atoms with Crippen LogP contribution in [0.2, 0.25) is 0 Å². The first-order valence-electron chi connectivity index (χ1n) is 13.1. The summed E-state index contributed by atoms with van der Waals surface area (Å²) in [6, 6.07) is 9.63. The molecule has 3 heterocycles. The number of aryl methyl sites for hydroxylation is 1. The van der Waals surface area contributed by atoms with E-state index < -0.39 is 5.41 Å². The number of benzene rings is 1. The molecule has 4 aromatic rings. The zero-order chi connectivity index (χ0) is 27.0. The fourth-order valence-corrected chi connectivity index (χ4v) is 4.85. The van der Waals surface area contributed by atoms with Crippen molar-refractivity contribution in [3.63, 3.8) is 0 Å². The molecule has 0 unspecified atom stereocenters. The summed E-state index contributed by atoms with van der Waals surface area (Å²) in [7, 11) is 1.90. The van der Waals surface area contributed by atoms with Gasteiger partial charge in [0.25, 0.3) is 0 Å². The largest absolute Gasteiger partial charge is 0.473 e. The van der Waals surface area contributed by atoms with Gasteiger partial charge in [-0.3, -0.25) is 19.4 Å². The average Bonchev–Trinajstić information content (AvgIpc) is 3.89. The Labute approximate surface area is 226 Å². The van der Waals surface area contributed by atoms with Gasteiger partial charge in [0.05, 0.1) is 48.1 Å². The van der Waals surface area contributed by atoms with Crippen LogP contribution in [-0.2, 0) is 28.4 Å². The van der Waals surface area contributed by atoms with Gasteiger partial charge in [0.1, 0.15) is 6.10 Å². The van der Waals surface area contributed by atoms with E-state index in [1.165, 1.54) is 0 Å². The summed E-state index contributed by atoms with van der Waals surface area (Å²) in [5.74, 6) is 0.315. The third kappa shape index (κ3) is 4.86. The SMILES string of the molecule is [C-]#[N+]c1cc(-c2ccc(-c3cnn(C)c3Cc3cncc(OC4CC4)n3)nc2)ccc1C1(C(=O)OCC)CC1. The van der Waals surface area contributed by atoms with E-state index in [-0.39, 0.29) is 12.1 Å². The van der Waals surface area contributed by atoms with Crippen molar-refractivity contribution >= 4 is 11.7 Å². The van der Waals surface area contributed by atoms with Gasteiger partial charge in [-0.25, -0.2) is 9.83 Å². The van der Waals surface area contributed by atoms with Crippen LogP contribution in [0.4, 0.5) is 5.69 Å². The number of rotatable bonds is 9. The molecule has 0 radical (unpaired) electrons. The summed E-state index contributed by atoms with van der Waals surface area (Å²) in [6.07, 6.45) is 11.4. The van der Waals surface area contributed by atoms with Crippen LogP contribution in [0.1, 0.15) is 49.6 Å². The van der Waals surface area contributed by atoms with Crippen molar-refractivity contribution in [2.45, 2.75) is 50.5 Å². The van der Waals surface area contributed by atoms with Crippen LogP contribution < -0.4 is 4.74 Å². The molecule has 0 aliphatic heterocycles. The standard InChI is InChI=1S/C30H28N6O3/c1-4-38-29(37)30(11-12-30)24-9-5-19(13-26(24)31-2)20-6-10-25(33-15-20)23-17-34-36(3)27(23)14-21-16-32-18-28(35-21)39-22-7-8-22/h5-6,9-10,13,15-18,22H,4,7-8,11-12,14H2,1,3H3. The van der Waals surface area contributed by atoms with E-state index in [1.54, 1.807) is 25.5 Å². The maximum Gasteiger partial charge on any atom is 0.315 e. The monoisotopic (exact) mass is 520 g/mol. The van der Waals surface area contributed by atoms with Crippen LogP contribution in [0.5, 0.6) is 5.88 Å². The van der Waals surface area contributed by atoms with E-state index in [1.807, 2.05) is 48.3 Å². The summed E-state index contributed by atoms with van der Waals surface area (Å²) < 4.78 is 12.9. The molecule has 3 aromatic heterocycles. The zero-order valence-electron chi connectivity index (χ0n) is 21.9. The number of esters is 1. The maximum atomic E-state index is 12.6. The minimum Gasteiger partial charge on any atom is -0.473 e. The van der Waals surface area contributed by atoms with Crippen LogP contribution in [0.3, 0.4) is 0 Å². The summed E-state index contributed by atoms with van der Waals surface area (Å²) in [6.45, 7) is 9.87. The fourth-order valence-electron chi connectivity index (χ4n) is 4.85. The Balaban J connectivity index is 1.24. The predicted octanol–water partition coefficient (Wildman–Crippen LogP) is 5.22. The Kier molecular flexibility index (Phi) is 6.31. The van der Waals surface area contributed by atoms with Gasteiger partial charge in [-0.1, -0.05) is 18.2 Å². The summed E-state index contributed by atoms with van der Waals surface area (Å²) >= 11 is 0. The molecule has 196 valence electrons. The quantitative estimate of drug-likeness (QED) is 0.221. The van der Waals surface area contributed by atoms with Gasteiger partial charge in [-0.2, -0.15) is 5.10 Å². The predicted molar refractivity (Wildman–Crippen MR) is 144 cm³/mol. The number of pyridine rings is 1. The molecule has 6 rings (SSSR count). The number of ether oxygens (including phenoxy) is 2. The van der Waals surface area contributed by atoms with Crippen molar-refractivity contribution in [1.29, 1.82) is 0 Å². The average molecular weight is 521 g/mol. The van der Waals surface area contributed by atoms with E-state index in [4.69, 9.17) is 21.0 Å². The molecule has 0 spiro atoms. The first kappa shape index (κ1) is 24.7. The minimum atomic E-state index is -0.679. The van der Waals surface area contributed by atoms with Gasteiger partial charge >= 0.3 is 5.97 Å². The van der Waals surface area contributed by atoms with E-state index in [0.717, 1.165) is 52.2 Å². The lowest BCUT2D eigenvalue weighted by Crippen LogP contribution is -2.23. The molecular formula is C30H28N6O3. The third-order valence-electron chi connectivity index (χ3n) is 7.31. The maximum absolute atomic E-state index is 12.6. The lowest BCUT2D eigenvalue weighted by atomic mass is 9.92. The highest BCUT2D eigenvalue weighted by Crippen LogP contribution is 2.52. The van der Waals surface area contributed by atoms with Gasteiger partial charge in [-0.05, 0) is 61.4 Å². The van der Waals surface area contributed by atoms with E-state index in [9.17, 15) is 4.79 Å². The third-order valence-corrected chi connectivity index (χ3v) is 7.31. The normalized spacial score (nSPS) is 15.4. The van der Waals surface area contributed by atoms with E-state index >= 15 is 0 Å². The minimum absolute atomic E-state index is 0.242. The second kappa shape index (κ2) is 9.95. The van der Waals surface area contributed by atoms with Gasteiger partial charge < -0.3 is 9.47 Å². The summed E-state index contributed by atoms with van der Waals surface area (Å²) in [4.78, 5) is 30.0. The van der Waals surface area contributed by atoms with E-state index in [0.29, 0.717) is 37.4 Å². The molecule has 1 aromatic carbocycles. The number of hydrogen-bond donors (Lipinski definition) is 0. The molecule has 0 bridgehead atoms. The molecule has 9 nitrogen and oxygen atoms in total. The highest BCUT2D eigenvalue weighted by Gasteiger charge is 2.53. The molecule has 2 saturated carbocycles. The molecule has 2 fully saturated rings. The Hall–Kier alpha value is -4.58. The second-order valence-electron chi connectivity index (χ2n) is 10.0. The van der Waals surface area contributed by atoms with Crippen LogP contribution in [0.15, 0.2) is 55.1 Å². The molecule has 2 aliphatic carbocycles. The van der Waals surface area contributed by atoms with Crippen molar-refractivity contribution in [2.75, 3.05) is 6.61 Å². The van der Waals surface area contributed by atoms with Crippen molar-refractivity contribution < 1.29 is 14.3 Å². The van der Waals surface area contributed by atoms with Gasteiger partial charge in [0.2, 0.25) is 5.88 Å². The van der Waals surface area contributed by atoms with Gasteiger partial charge in [-0.15, -0.1) is 0 Å². The van der Waals surface area contributed by atoms with Crippen molar-refractivity contribution in [1.82, 2.24) is 24.7 Å². The molecule has 0 amide bonds. The lowest BCUT2D eigenvalue weighted by Gasteiger charge is -2.16.